The molecule has 1 aromatic rings. The molecule has 3 rings (SSSR count). The summed E-state index contributed by atoms with van der Waals surface area (Å²) in [6.07, 6.45) is 61.8. The molecular weight excluding hydrogens is 841 g/mol. The number of benzene rings is 1. The lowest BCUT2D eigenvalue weighted by molar-refractivity contribution is 0.521. The molecule has 5 atom stereocenters. The van der Waals surface area contributed by atoms with Crippen molar-refractivity contribution in [2.45, 2.75) is 71.1 Å². The summed E-state index contributed by atoms with van der Waals surface area (Å²) in [6.45, 7) is 53.9. The van der Waals surface area contributed by atoms with Crippen molar-refractivity contribution < 1.29 is 0 Å². The maximum atomic E-state index is 4.71. The van der Waals surface area contributed by atoms with E-state index < -0.39 is 0 Å². The van der Waals surface area contributed by atoms with Crippen molar-refractivity contribution in [1.82, 2.24) is 0 Å². The third-order valence-corrected chi connectivity index (χ3v) is 12.9. The highest BCUT2D eigenvalue weighted by atomic mass is 14.3. The van der Waals surface area contributed by atoms with Crippen molar-refractivity contribution in [2.24, 2.45) is 29.6 Å². The van der Waals surface area contributed by atoms with Gasteiger partial charge in [-0.1, -0.05) is 253 Å². The molecule has 0 nitrogen and oxygen atoms in total. The van der Waals surface area contributed by atoms with Gasteiger partial charge in [0.15, 0.2) is 0 Å². The lowest BCUT2D eigenvalue weighted by Crippen LogP contribution is -2.15. The molecule has 0 heteroatoms. The van der Waals surface area contributed by atoms with Gasteiger partial charge < -0.3 is 0 Å². The minimum atomic E-state index is -0.164. The highest BCUT2D eigenvalue weighted by Gasteiger charge is 2.22. The fourth-order valence-electron chi connectivity index (χ4n) is 8.68. The Morgan fingerprint density at radius 2 is 1.54 bits per heavy atom. The Kier molecular flexibility index (Phi) is 26.7. The average Bonchev–Trinajstić information content (AvgIpc) is 3.37. The van der Waals surface area contributed by atoms with E-state index in [4.69, 9.17) is 6.58 Å². The molecule has 70 heavy (non-hydrogen) atoms. The molecule has 2 aliphatic rings. The van der Waals surface area contributed by atoms with E-state index in [-0.39, 0.29) is 29.6 Å². The van der Waals surface area contributed by atoms with Gasteiger partial charge in [0.05, 0.1) is 0 Å². The second-order valence-electron chi connectivity index (χ2n) is 18.0. The zero-order valence-electron chi connectivity index (χ0n) is 42.8. The molecule has 2 aliphatic carbocycles. The highest BCUT2D eigenvalue weighted by molar-refractivity contribution is 5.51. The van der Waals surface area contributed by atoms with Gasteiger partial charge in [-0.2, -0.15) is 0 Å². The second-order valence-corrected chi connectivity index (χ2v) is 18.0. The van der Waals surface area contributed by atoms with Crippen LogP contribution in [-0.2, 0) is 6.42 Å². The average molecular weight is 923 g/mol. The summed E-state index contributed by atoms with van der Waals surface area (Å²) in [5, 5.41) is 0. The zero-order chi connectivity index (χ0) is 51.1. The van der Waals surface area contributed by atoms with Crippen LogP contribution in [0.2, 0.25) is 0 Å². The Morgan fingerprint density at radius 3 is 2.21 bits per heavy atom. The first kappa shape index (κ1) is 57.3. The molecule has 0 saturated heterocycles. The van der Waals surface area contributed by atoms with Crippen molar-refractivity contribution in [3.63, 3.8) is 0 Å². The van der Waals surface area contributed by atoms with Crippen LogP contribution in [0.3, 0.4) is 0 Å². The Bertz CT molecular complexity index is 2450. The Balaban J connectivity index is 1.89. The predicted molar refractivity (Wildman–Crippen MR) is 315 cm³/mol. The molecule has 362 valence electrons. The fourth-order valence-corrected chi connectivity index (χ4v) is 8.68. The first-order valence-electron chi connectivity index (χ1n) is 25.0. The standard InChI is InChI=1S/C70H82/c1-14-21-36-60(32-15-2)50-51-65(45-31-44-64(20-7)70(63(19-6)33-16-3)59(13)52-67-42-27-25-35-56(67)10)57(11)48-46-54(8)55(9)47-49-58(12)69(53-68-43-30-29-41-66(68)34-17-4)62(18-5)40-28-26-39-61-37-23-22-24-38-61/h14-20,22-26,28-33,35,37-38,41,43-46,48,50,52-53,62,65-66,69-70H,1,3-13,21,27,34,36,39-40,42,47,49,51H2,2H3. The van der Waals surface area contributed by atoms with Gasteiger partial charge in [0.1, 0.15) is 0 Å². The quantitative estimate of drug-likeness (QED) is 0.0499. The first-order chi connectivity index (χ1) is 33.9. The van der Waals surface area contributed by atoms with Crippen LogP contribution in [0.4, 0.5) is 0 Å². The first-order valence-corrected chi connectivity index (χ1v) is 25.0. The number of hydrogen-bond donors (Lipinski definition) is 0. The largest absolute Gasteiger partial charge is 0.103 e. The van der Waals surface area contributed by atoms with Crippen LogP contribution in [0.15, 0.2) is 322 Å². The van der Waals surface area contributed by atoms with Crippen LogP contribution in [0.5, 0.6) is 0 Å². The lowest BCUT2D eigenvalue weighted by Gasteiger charge is -2.26. The predicted octanol–water partition coefficient (Wildman–Crippen LogP) is 19.8. The van der Waals surface area contributed by atoms with E-state index in [0.29, 0.717) is 0 Å². The summed E-state index contributed by atoms with van der Waals surface area (Å²) in [4.78, 5) is 0. The van der Waals surface area contributed by atoms with Crippen LogP contribution < -0.4 is 0 Å². The van der Waals surface area contributed by atoms with E-state index in [1.165, 1.54) is 22.3 Å². The normalized spacial score (nSPS) is 18.3. The Hall–Kier alpha value is -7.02. The van der Waals surface area contributed by atoms with Crippen LogP contribution in [0.25, 0.3) is 0 Å². The molecule has 0 aromatic heterocycles. The van der Waals surface area contributed by atoms with Crippen molar-refractivity contribution in [3.8, 4) is 0 Å². The smallest absolute Gasteiger partial charge is 0.0333 e. The van der Waals surface area contributed by atoms with E-state index in [1.54, 1.807) is 6.08 Å². The van der Waals surface area contributed by atoms with Crippen LogP contribution >= 0.6 is 0 Å². The van der Waals surface area contributed by atoms with Gasteiger partial charge in [-0.05, 0) is 133 Å². The molecule has 0 heterocycles. The maximum absolute atomic E-state index is 4.71. The third-order valence-electron chi connectivity index (χ3n) is 12.9. The molecule has 1 aromatic carbocycles. The van der Waals surface area contributed by atoms with E-state index in [1.807, 2.05) is 30.4 Å². The van der Waals surface area contributed by atoms with E-state index in [0.717, 1.165) is 109 Å². The van der Waals surface area contributed by atoms with Crippen molar-refractivity contribution in [1.29, 1.82) is 0 Å². The minimum absolute atomic E-state index is 0.00655. The van der Waals surface area contributed by atoms with Gasteiger partial charge in [0, 0.05) is 23.7 Å². The summed E-state index contributed by atoms with van der Waals surface area (Å²) < 4.78 is 0. The van der Waals surface area contributed by atoms with Crippen LogP contribution in [-0.4, -0.2) is 0 Å². The van der Waals surface area contributed by atoms with Crippen molar-refractivity contribution >= 4 is 0 Å². The molecule has 0 aliphatic heterocycles. The maximum Gasteiger partial charge on any atom is 0.0333 e. The molecule has 0 N–H and O–H groups in total. The number of hydrogen-bond acceptors (Lipinski definition) is 0. The van der Waals surface area contributed by atoms with Gasteiger partial charge in [-0.3, -0.25) is 0 Å². The van der Waals surface area contributed by atoms with Gasteiger partial charge in [0.2, 0.25) is 0 Å². The molecule has 0 fully saturated rings. The van der Waals surface area contributed by atoms with Gasteiger partial charge >= 0.3 is 0 Å². The van der Waals surface area contributed by atoms with Crippen molar-refractivity contribution in [3.05, 3.63) is 328 Å². The lowest BCUT2D eigenvalue weighted by atomic mass is 9.78. The summed E-state index contributed by atoms with van der Waals surface area (Å²) in [5.74, 6) is 0.418. The van der Waals surface area contributed by atoms with E-state index in [2.05, 4.69) is 225 Å². The highest BCUT2D eigenvalue weighted by Crippen LogP contribution is 2.36. The molecule has 0 amide bonds. The van der Waals surface area contributed by atoms with E-state index >= 15 is 0 Å². The SMILES string of the molecule is C=CC=C(C=C)C(C(=C)C=C1CCC=CC1=C)C(C=C)=CC=CC(CC=C(C=CC)CCC=C)C(=C)C=CC(=C)C(=C)CCC(=C)C(C=C1C=CC=CC1CC=C)C(C=C)CC=CCc1ccccc1. The molecule has 0 saturated carbocycles. The van der Waals surface area contributed by atoms with E-state index in [9.17, 15) is 0 Å². The number of allylic oxidation sites excluding steroid dienone is 36. The fraction of sp³-hybridized carbons (Fsp3) is 0.229. The van der Waals surface area contributed by atoms with Crippen LogP contribution in [0.1, 0.15) is 70.3 Å². The second kappa shape index (κ2) is 32.7. The summed E-state index contributed by atoms with van der Waals surface area (Å²) in [6, 6.07) is 10.6. The van der Waals surface area contributed by atoms with Crippen LogP contribution in [0, 0.1) is 29.6 Å². The summed E-state index contributed by atoms with van der Waals surface area (Å²) in [5.41, 5.74) is 13.0. The summed E-state index contributed by atoms with van der Waals surface area (Å²) >= 11 is 0. The van der Waals surface area contributed by atoms with Gasteiger partial charge in [-0.25, -0.2) is 0 Å². The zero-order valence-corrected chi connectivity index (χ0v) is 42.8. The minimum Gasteiger partial charge on any atom is -0.103 e. The molecule has 0 spiro atoms. The molecule has 0 radical (unpaired) electrons. The van der Waals surface area contributed by atoms with Gasteiger partial charge in [-0.15, -0.1) is 19.7 Å². The monoisotopic (exact) mass is 923 g/mol. The molecular formula is C70H82. The molecule has 5 unspecified atom stereocenters. The Labute approximate surface area is 426 Å². The topological polar surface area (TPSA) is 0 Å². The van der Waals surface area contributed by atoms with Gasteiger partial charge in [0.25, 0.3) is 0 Å². The summed E-state index contributed by atoms with van der Waals surface area (Å²) in [7, 11) is 0. The Morgan fingerprint density at radius 1 is 0.786 bits per heavy atom. The van der Waals surface area contributed by atoms with Crippen molar-refractivity contribution in [2.75, 3.05) is 0 Å². The molecule has 0 bridgehead atoms. The number of rotatable bonds is 32. The third kappa shape index (κ3) is 19.5.